The average Bonchev–Trinajstić information content (AvgIpc) is 2.42. The molecule has 0 radical (unpaired) electrons. The van der Waals surface area contributed by atoms with Gasteiger partial charge in [-0.05, 0) is 46.9 Å². The second kappa shape index (κ2) is 6.62. The standard InChI is InChI=1S/C15H23BrN2O/c1-4-17-14-7-8-18(10-11(14)2)15-9-12(19-3)5-6-13(15)16/h5-6,9,11,14,17H,4,7-8,10H2,1-3H3. The first-order valence-electron chi connectivity index (χ1n) is 6.97. The fourth-order valence-electron chi connectivity index (χ4n) is 2.79. The lowest BCUT2D eigenvalue weighted by atomic mass is 9.93. The zero-order valence-electron chi connectivity index (χ0n) is 11.9. The molecule has 0 bridgehead atoms. The fourth-order valence-corrected chi connectivity index (χ4v) is 3.29. The minimum Gasteiger partial charge on any atom is -0.497 e. The Morgan fingerprint density at radius 3 is 2.89 bits per heavy atom. The fraction of sp³-hybridized carbons (Fsp3) is 0.600. The highest BCUT2D eigenvalue weighted by atomic mass is 79.9. The van der Waals surface area contributed by atoms with Crippen LogP contribution in [0.5, 0.6) is 5.75 Å². The second-order valence-electron chi connectivity index (χ2n) is 5.19. The van der Waals surface area contributed by atoms with Gasteiger partial charge in [-0.25, -0.2) is 0 Å². The predicted molar refractivity (Wildman–Crippen MR) is 84.2 cm³/mol. The molecule has 1 fully saturated rings. The van der Waals surface area contributed by atoms with Gasteiger partial charge in [0.25, 0.3) is 0 Å². The molecule has 1 aliphatic heterocycles. The number of anilines is 1. The maximum Gasteiger partial charge on any atom is 0.121 e. The number of halogens is 1. The molecule has 2 atom stereocenters. The summed E-state index contributed by atoms with van der Waals surface area (Å²) in [7, 11) is 1.72. The van der Waals surface area contributed by atoms with Crippen LogP contribution in [-0.4, -0.2) is 32.8 Å². The van der Waals surface area contributed by atoms with Gasteiger partial charge in [-0.1, -0.05) is 13.8 Å². The lowest BCUT2D eigenvalue weighted by Crippen LogP contribution is -2.48. The van der Waals surface area contributed by atoms with E-state index in [-0.39, 0.29) is 0 Å². The van der Waals surface area contributed by atoms with Gasteiger partial charge in [-0.2, -0.15) is 0 Å². The molecule has 0 saturated carbocycles. The van der Waals surface area contributed by atoms with E-state index in [1.54, 1.807) is 7.11 Å². The van der Waals surface area contributed by atoms with Crippen molar-refractivity contribution in [3.8, 4) is 5.75 Å². The number of hydrogen-bond donors (Lipinski definition) is 1. The van der Waals surface area contributed by atoms with Gasteiger partial charge in [0, 0.05) is 29.7 Å². The van der Waals surface area contributed by atoms with E-state index in [4.69, 9.17) is 4.74 Å². The van der Waals surface area contributed by atoms with Crippen molar-refractivity contribution in [3.05, 3.63) is 22.7 Å². The first kappa shape index (κ1) is 14.7. The molecule has 1 aromatic rings. The third-order valence-corrected chi connectivity index (χ3v) is 4.54. The van der Waals surface area contributed by atoms with Gasteiger partial charge in [0.05, 0.1) is 12.8 Å². The maximum absolute atomic E-state index is 5.33. The minimum atomic E-state index is 0.644. The van der Waals surface area contributed by atoms with Crippen LogP contribution in [0.15, 0.2) is 22.7 Å². The Hall–Kier alpha value is -0.740. The summed E-state index contributed by atoms with van der Waals surface area (Å²) in [5.74, 6) is 1.58. The molecule has 106 valence electrons. The van der Waals surface area contributed by atoms with Crippen LogP contribution in [0.3, 0.4) is 0 Å². The van der Waals surface area contributed by atoms with Crippen molar-refractivity contribution in [1.82, 2.24) is 5.32 Å². The highest BCUT2D eigenvalue weighted by molar-refractivity contribution is 9.10. The van der Waals surface area contributed by atoms with Gasteiger partial charge in [0.1, 0.15) is 5.75 Å². The van der Waals surface area contributed by atoms with E-state index >= 15 is 0 Å². The molecular formula is C15H23BrN2O. The number of methoxy groups -OCH3 is 1. The van der Waals surface area contributed by atoms with Crippen molar-refractivity contribution in [2.24, 2.45) is 5.92 Å². The zero-order chi connectivity index (χ0) is 13.8. The van der Waals surface area contributed by atoms with E-state index in [0.29, 0.717) is 12.0 Å². The van der Waals surface area contributed by atoms with Crippen LogP contribution in [0.1, 0.15) is 20.3 Å². The molecule has 2 unspecified atom stereocenters. The SMILES string of the molecule is CCNC1CCN(c2cc(OC)ccc2Br)CC1C. The first-order chi connectivity index (χ1) is 9.15. The summed E-state index contributed by atoms with van der Waals surface area (Å²) in [4.78, 5) is 2.45. The smallest absolute Gasteiger partial charge is 0.121 e. The molecule has 4 heteroatoms. The van der Waals surface area contributed by atoms with Crippen LogP contribution < -0.4 is 15.0 Å². The summed E-state index contributed by atoms with van der Waals surface area (Å²) in [6, 6.07) is 6.81. The Kier molecular flexibility index (Phi) is 5.11. The number of benzene rings is 1. The van der Waals surface area contributed by atoms with E-state index in [9.17, 15) is 0 Å². The van der Waals surface area contributed by atoms with E-state index < -0.39 is 0 Å². The first-order valence-corrected chi connectivity index (χ1v) is 7.76. The molecule has 1 saturated heterocycles. The van der Waals surface area contributed by atoms with E-state index in [1.165, 1.54) is 12.1 Å². The summed E-state index contributed by atoms with van der Waals surface area (Å²) in [5.41, 5.74) is 1.24. The molecule has 19 heavy (non-hydrogen) atoms. The van der Waals surface area contributed by atoms with Crippen LogP contribution in [-0.2, 0) is 0 Å². The van der Waals surface area contributed by atoms with Gasteiger partial charge in [0.2, 0.25) is 0 Å². The number of piperidine rings is 1. The molecule has 1 aliphatic rings. The van der Waals surface area contributed by atoms with Crippen molar-refractivity contribution in [2.45, 2.75) is 26.3 Å². The van der Waals surface area contributed by atoms with Crippen molar-refractivity contribution in [3.63, 3.8) is 0 Å². The molecule has 1 heterocycles. The van der Waals surface area contributed by atoms with Crippen LogP contribution >= 0.6 is 15.9 Å². The van der Waals surface area contributed by atoms with Crippen molar-refractivity contribution >= 4 is 21.6 Å². The predicted octanol–water partition coefficient (Wildman–Crippen LogP) is 3.28. The highest BCUT2D eigenvalue weighted by Crippen LogP contribution is 2.33. The number of nitrogens with one attached hydrogen (secondary N) is 1. The lowest BCUT2D eigenvalue weighted by molar-refractivity contribution is 0.326. The van der Waals surface area contributed by atoms with Crippen LogP contribution in [0.25, 0.3) is 0 Å². The lowest BCUT2D eigenvalue weighted by Gasteiger charge is -2.39. The Labute approximate surface area is 124 Å². The maximum atomic E-state index is 5.33. The molecule has 2 rings (SSSR count). The number of rotatable bonds is 4. The highest BCUT2D eigenvalue weighted by Gasteiger charge is 2.26. The van der Waals surface area contributed by atoms with Crippen LogP contribution in [0.2, 0.25) is 0 Å². The summed E-state index contributed by atoms with van der Waals surface area (Å²) >= 11 is 3.65. The minimum absolute atomic E-state index is 0.644. The van der Waals surface area contributed by atoms with Gasteiger partial charge >= 0.3 is 0 Å². The monoisotopic (exact) mass is 326 g/mol. The number of nitrogens with zero attached hydrogens (tertiary/aromatic N) is 1. The third-order valence-electron chi connectivity index (χ3n) is 3.87. The normalized spacial score (nSPS) is 23.5. The second-order valence-corrected chi connectivity index (χ2v) is 6.05. The van der Waals surface area contributed by atoms with Gasteiger partial charge in [-0.15, -0.1) is 0 Å². The van der Waals surface area contributed by atoms with E-state index in [1.807, 2.05) is 6.07 Å². The van der Waals surface area contributed by atoms with Crippen LogP contribution in [0.4, 0.5) is 5.69 Å². The Morgan fingerprint density at radius 1 is 1.47 bits per heavy atom. The molecule has 0 aromatic heterocycles. The molecule has 0 aliphatic carbocycles. The summed E-state index contributed by atoms with van der Waals surface area (Å²) < 4.78 is 6.47. The van der Waals surface area contributed by atoms with Gasteiger partial charge in [0.15, 0.2) is 0 Å². The zero-order valence-corrected chi connectivity index (χ0v) is 13.5. The Bertz CT molecular complexity index is 425. The molecule has 1 N–H and O–H groups in total. The topological polar surface area (TPSA) is 24.5 Å². The third kappa shape index (κ3) is 3.42. The van der Waals surface area contributed by atoms with Crippen molar-refractivity contribution in [1.29, 1.82) is 0 Å². The molecule has 0 spiro atoms. The van der Waals surface area contributed by atoms with E-state index in [0.717, 1.165) is 29.9 Å². The van der Waals surface area contributed by atoms with Crippen LogP contribution in [0, 0.1) is 5.92 Å². The Balaban J connectivity index is 2.11. The number of ether oxygens (including phenoxy) is 1. The molecule has 1 aromatic carbocycles. The molecular weight excluding hydrogens is 304 g/mol. The summed E-state index contributed by atoms with van der Waals surface area (Å²) in [6.07, 6.45) is 1.19. The van der Waals surface area contributed by atoms with Gasteiger partial charge in [-0.3, -0.25) is 0 Å². The summed E-state index contributed by atoms with van der Waals surface area (Å²) in [6.45, 7) is 7.74. The van der Waals surface area contributed by atoms with Crippen molar-refractivity contribution < 1.29 is 4.74 Å². The Morgan fingerprint density at radius 2 is 2.26 bits per heavy atom. The van der Waals surface area contributed by atoms with E-state index in [2.05, 4.69) is 52.1 Å². The van der Waals surface area contributed by atoms with Crippen molar-refractivity contribution in [2.75, 3.05) is 31.6 Å². The number of hydrogen-bond acceptors (Lipinski definition) is 3. The van der Waals surface area contributed by atoms with Gasteiger partial charge < -0.3 is 15.0 Å². The summed E-state index contributed by atoms with van der Waals surface area (Å²) in [5, 5.41) is 3.58. The molecule has 3 nitrogen and oxygen atoms in total. The quantitative estimate of drug-likeness (QED) is 0.918. The average molecular weight is 327 g/mol. The largest absolute Gasteiger partial charge is 0.497 e. The molecule has 0 amide bonds.